The molecule has 0 saturated carbocycles. The van der Waals surface area contributed by atoms with Crippen LogP contribution >= 0.6 is 23.2 Å². The maximum Gasteiger partial charge on any atom is 0.240 e. The molecular formula is C12H14Cl2N4O. The lowest BCUT2D eigenvalue weighted by Crippen LogP contribution is -2.24. The number of aromatic nitrogens is 3. The lowest BCUT2D eigenvalue weighted by Gasteiger charge is -2.07. The van der Waals surface area contributed by atoms with Crippen molar-refractivity contribution in [3.8, 4) is 11.5 Å². The predicted molar refractivity (Wildman–Crippen MR) is 74.1 cm³/mol. The lowest BCUT2D eigenvalue weighted by molar-refractivity contribution is 0.358. The fraction of sp³-hybridized carbons (Fsp3) is 0.417. The number of nitrogens with one attached hydrogen (secondary N) is 1. The minimum atomic E-state index is 0.364. The zero-order valence-electron chi connectivity index (χ0n) is 10.7. The van der Waals surface area contributed by atoms with E-state index in [0.29, 0.717) is 40.0 Å². The van der Waals surface area contributed by atoms with Crippen molar-refractivity contribution in [1.29, 1.82) is 0 Å². The van der Waals surface area contributed by atoms with E-state index in [4.69, 9.17) is 27.7 Å². The normalized spacial score (nSPS) is 12.6. The molecule has 0 spiro atoms. The molecule has 5 nitrogen and oxygen atoms in total. The smallest absolute Gasteiger partial charge is 0.240 e. The van der Waals surface area contributed by atoms with Crippen molar-refractivity contribution in [2.75, 3.05) is 0 Å². The molecule has 2 rings (SSSR count). The summed E-state index contributed by atoms with van der Waals surface area (Å²) in [6.45, 7) is 4.72. The fourth-order valence-corrected chi connectivity index (χ4v) is 1.87. The van der Waals surface area contributed by atoms with Gasteiger partial charge in [0.25, 0.3) is 0 Å². The zero-order valence-corrected chi connectivity index (χ0v) is 12.2. The number of hydrogen-bond acceptors (Lipinski definition) is 5. The van der Waals surface area contributed by atoms with Gasteiger partial charge in [-0.25, -0.2) is 4.98 Å². The highest BCUT2D eigenvalue weighted by Gasteiger charge is 2.14. The molecule has 1 unspecified atom stereocenters. The minimum absolute atomic E-state index is 0.364. The summed E-state index contributed by atoms with van der Waals surface area (Å²) in [6, 6.07) is 1.99. The van der Waals surface area contributed by atoms with Gasteiger partial charge in [0.2, 0.25) is 11.7 Å². The molecule has 2 aromatic rings. The Hall–Kier alpha value is -1.17. The molecule has 0 aromatic carbocycles. The summed E-state index contributed by atoms with van der Waals surface area (Å²) in [5.41, 5.74) is 0.463. The first-order valence-corrected chi connectivity index (χ1v) is 6.73. The molecule has 0 radical (unpaired) electrons. The van der Waals surface area contributed by atoms with Crippen LogP contribution < -0.4 is 5.32 Å². The SMILES string of the molecule is CCC(C)NCc1nc(-c2ncc(Cl)cc2Cl)no1. The highest BCUT2D eigenvalue weighted by atomic mass is 35.5. The second kappa shape index (κ2) is 6.32. The number of nitrogens with zero attached hydrogens (tertiary/aromatic N) is 3. The van der Waals surface area contributed by atoms with Crippen molar-refractivity contribution in [3.05, 3.63) is 28.2 Å². The molecule has 0 aliphatic carbocycles. The monoisotopic (exact) mass is 300 g/mol. The van der Waals surface area contributed by atoms with Gasteiger partial charge in [-0.2, -0.15) is 4.98 Å². The van der Waals surface area contributed by atoms with Gasteiger partial charge in [-0.3, -0.25) is 0 Å². The molecule has 0 fully saturated rings. The molecule has 0 bridgehead atoms. The van der Waals surface area contributed by atoms with Crippen molar-refractivity contribution >= 4 is 23.2 Å². The van der Waals surface area contributed by atoms with E-state index >= 15 is 0 Å². The molecule has 0 aliphatic heterocycles. The second-order valence-electron chi connectivity index (χ2n) is 4.19. The molecule has 102 valence electrons. The maximum atomic E-state index is 6.04. The van der Waals surface area contributed by atoms with E-state index in [1.807, 2.05) is 0 Å². The topological polar surface area (TPSA) is 63.8 Å². The average molecular weight is 301 g/mol. The van der Waals surface area contributed by atoms with E-state index < -0.39 is 0 Å². The lowest BCUT2D eigenvalue weighted by atomic mass is 10.3. The third-order valence-corrected chi connectivity index (χ3v) is 3.20. The van der Waals surface area contributed by atoms with Crippen LogP contribution in [0.5, 0.6) is 0 Å². The summed E-state index contributed by atoms with van der Waals surface area (Å²) in [6.07, 6.45) is 2.53. The van der Waals surface area contributed by atoms with E-state index in [1.165, 1.54) is 6.20 Å². The third-order valence-electron chi connectivity index (χ3n) is 2.70. The van der Waals surface area contributed by atoms with Gasteiger partial charge in [0.05, 0.1) is 16.6 Å². The third kappa shape index (κ3) is 3.65. The Morgan fingerprint density at radius 2 is 2.21 bits per heavy atom. The standard InChI is InChI=1S/C12H14Cl2N4O/c1-3-7(2)15-6-10-17-12(18-19-10)11-9(14)4-8(13)5-16-11/h4-5,7,15H,3,6H2,1-2H3. The highest BCUT2D eigenvalue weighted by Crippen LogP contribution is 2.25. The molecule has 0 saturated heterocycles. The first-order chi connectivity index (χ1) is 9.10. The number of hydrogen-bond donors (Lipinski definition) is 1. The molecule has 2 heterocycles. The first kappa shape index (κ1) is 14.2. The van der Waals surface area contributed by atoms with Crippen LogP contribution in [0.4, 0.5) is 0 Å². The van der Waals surface area contributed by atoms with Gasteiger partial charge in [0.15, 0.2) is 0 Å². The highest BCUT2D eigenvalue weighted by molar-refractivity contribution is 6.35. The summed E-state index contributed by atoms with van der Waals surface area (Å²) in [7, 11) is 0. The van der Waals surface area contributed by atoms with Crippen LogP contribution in [0.15, 0.2) is 16.8 Å². The van der Waals surface area contributed by atoms with Crippen molar-refractivity contribution in [3.63, 3.8) is 0 Å². The largest absolute Gasteiger partial charge is 0.337 e. The molecule has 1 N–H and O–H groups in total. The van der Waals surface area contributed by atoms with Gasteiger partial charge in [-0.1, -0.05) is 35.3 Å². The van der Waals surface area contributed by atoms with E-state index in [0.717, 1.165) is 6.42 Å². The van der Waals surface area contributed by atoms with Crippen molar-refractivity contribution in [1.82, 2.24) is 20.4 Å². The van der Waals surface area contributed by atoms with Crippen LogP contribution in [-0.4, -0.2) is 21.2 Å². The second-order valence-corrected chi connectivity index (χ2v) is 5.03. The van der Waals surface area contributed by atoms with Crippen LogP contribution in [-0.2, 0) is 6.54 Å². The van der Waals surface area contributed by atoms with Gasteiger partial charge >= 0.3 is 0 Å². The number of halogens is 2. The maximum absolute atomic E-state index is 6.04. The Morgan fingerprint density at radius 3 is 2.89 bits per heavy atom. The first-order valence-electron chi connectivity index (χ1n) is 5.97. The van der Waals surface area contributed by atoms with E-state index in [9.17, 15) is 0 Å². The Morgan fingerprint density at radius 1 is 1.42 bits per heavy atom. The molecule has 7 heteroatoms. The van der Waals surface area contributed by atoms with Gasteiger partial charge in [-0.15, -0.1) is 0 Å². The Balaban J connectivity index is 2.12. The Bertz CT molecular complexity index is 558. The van der Waals surface area contributed by atoms with Crippen molar-refractivity contribution in [2.24, 2.45) is 0 Å². The van der Waals surface area contributed by atoms with Crippen LogP contribution in [0, 0.1) is 0 Å². The summed E-state index contributed by atoms with van der Waals surface area (Å²) in [4.78, 5) is 8.35. The summed E-state index contributed by atoms with van der Waals surface area (Å²) in [5, 5.41) is 8.00. The zero-order chi connectivity index (χ0) is 13.8. The Labute approximate surface area is 121 Å². The predicted octanol–water partition coefficient (Wildman–Crippen LogP) is 3.33. The molecule has 0 aliphatic rings. The van der Waals surface area contributed by atoms with Crippen LogP contribution in [0.3, 0.4) is 0 Å². The quantitative estimate of drug-likeness (QED) is 0.917. The number of rotatable bonds is 5. The fourth-order valence-electron chi connectivity index (χ4n) is 1.41. The molecule has 1 atom stereocenters. The molecular weight excluding hydrogens is 287 g/mol. The number of pyridine rings is 1. The van der Waals surface area contributed by atoms with Crippen LogP contribution in [0.1, 0.15) is 26.2 Å². The minimum Gasteiger partial charge on any atom is -0.337 e. The van der Waals surface area contributed by atoms with E-state index in [2.05, 4.69) is 34.3 Å². The molecule has 0 amide bonds. The van der Waals surface area contributed by atoms with Gasteiger partial charge in [0.1, 0.15) is 5.69 Å². The van der Waals surface area contributed by atoms with Crippen molar-refractivity contribution < 1.29 is 4.52 Å². The van der Waals surface area contributed by atoms with Crippen LogP contribution in [0.25, 0.3) is 11.5 Å². The average Bonchev–Trinajstić information content (AvgIpc) is 2.84. The van der Waals surface area contributed by atoms with Gasteiger partial charge in [-0.05, 0) is 19.4 Å². The summed E-state index contributed by atoms with van der Waals surface area (Å²) >= 11 is 11.8. The van der Waals surface area contributed by atoms with Gasteiger partial charge < -0.3 is 9.84 Å². The summed E-state index contributed by atoms with van der Waals surface area (Å²) in [5.74, 6) is 0.866. The Kier molecular flexibility index (Phi) is 4.74. The van der Waals surface area contributed by atoms with E-state index in [1.54, 1.807) is 6.07 Å². The van der Waals surface area contributed by atoms with E-state index in [-0.39, 0.29) is 0 Å². The summed E-state index contributed by atoms with van der Waals surface area (Å²) < 4.78 is 5.14. The van der Waals surface area contributed by atoms with Crippen molar-refractivity contribution in [2.45, 2.75) is 32.9 Å². The molecule has 2 aromatic heterocycles. The molecule has 19 heavy (non-hydrogen) atoms. The van der Waals surface area contributed by atoms with Gasteiger partial charge in [0, 0.05) is 12.2 Å². The van der Waals surface area contributed by atoms with Crippen LogP contribution in [0.2, 0.25) is 10.0 Å².